The summed E-state index contributed by atoms with van der Waals surface area (Å²) < 4.78 is 10.0. The summed E-state index contributed by atoms with van der Waals surface area (Å²) in [6.45, 7) is 6.70. The summed E-state index contributed by atoms with van der Waals surface area (Å²) in [6.07, 6.45) is 0. The molecule has 2 aliphatic heterocycles. The van der Waals surface area contributed by atoms with Gasteiger partial charge in [-0.2, -0.15) is 9.36 Å². The first-order valence-electron chi connectivity index (χ1n) is 9.09. The predicted molar refractivity (Wildman–Crippen MR) is 117 cm³/mol. The van der Waals surface area contributed by atoms with Gasteiger partial charge in [0.2, 0.25) is 5.13 Å². The van der Waals surface area contributed by atoms with Gasteiger partial charge in [0.1, 0.15) is 5.60 Å². The quantitative estimate of drug-likeness (QED) is 0.735. The molecule has 2 aromatic rings. The second kappa shape index (κ2) is 10.7. The SMILES string of the molecule is Cl.Cl.OC1(CN2CCN(c3nc(-c4ccccc4)ns3)CC2)CNCCOC1. The first-order chi connectivity index (χ1) is 12.7. The molecule has 10 heteroatoms. The molecule has 1 aromatic carbocycles. The van der Waals surface area contributed by atoms with Crippen LogP contribution in [0.2, 0.25) is 0 Å². The van der Waals surface area contributed by atoms with Crippen LogP contribution >= 0.6 is 36.3 Å². The summed E-state index contributed by atoms with van der Waals surface area (Å²) in [7, 11) is 0. The molecule has 1 aromatic heterocycles. The van der Waals surface area contributed by atoms with Gasteiger partial charge in [-0.25, -0.2) is 0 Å². The van der Waals surface area contributed by atoms with Crippen molar-refractivity contribution in [3.8, 4) is 11.4 Å². The zero-order valence-corrected chi connectivity index (χ0v) is 18.1. The van der Waals surface area contributed by atoms with Gasteiger partial charge >= 0.3 is 0 Å². The molecule has 0 aliphatic carbocycles. The molecule has 0 radical (unpaired) electrons. The van der Waals surface area contributed by atoms with Crippen LogP contribution in [0.4, 0.5) is 5.13 Å². The maximum Gasteiger partial charge on any atom is 0.205 e. The first-order valence-corrected chi connectivity index (χ1v) is 9.87. The molecule has 2 N–H and O–H groups in total. The van der Waals surface area contributed by atoms with E-state index in [9.17, 15) is 5.11 Å². The van der Waals surface area contributed by atoms with E-state index >= 15 is 0 Å². The molecule has 2 saturated heterocycles. The van der Waals surface area contributed by atoms with Gasteiger partial charge in [0.05, 0.1) is 13.2 Å². The van der Waals surface area contributed by atoms with Crippen LogP contribution in [-0.4, -0.2) is 84.0 Å². The Balaban J connectivity index is 0.00000140. The number of nitrogens with zero attached hydrogens (tertiary/aromatic N) is 4. The number of β-amino-alcohol motifs (C(OH)–C–C–N with tert-alkyl or cyclic N) is 1. The molecular formula is C18H27Cl2N5O2S. The number of anilines is 1. The monoisotopic (exact) mass is 447 g/mol. The smallest absolute Gasteiger partial charge is 0.205 e. The minimum absolute atomic E-state index is 0. The average Bonchev–Trinajstić information content (AvgIpc) is 3.07. The first kappa shape index (κ1) is 23.3. The molecule has 7 nitrogen and oxygen atoms in total. The highest BCUT2D eigenvalue weighted by Crippen LogP contribution is 2.25. The Morgan fingerprint density at radius 3 is 2.64 bits per heavy atom. The molecular weight excluding hydrogens is 421 g/mol. The van der Waals surface area contributed by atoms with Crippen molar-refractivity contribution in [1.82, 2.24) is 19.6 Å². The van der Waals surface area contributed by atoms with Crippen LogP contribution in [0.25, 0.3) is 11.4 Å². The van der Waals surface area contributed by atoms with E-state index in [1.807, 2.05) is 30.3 Å². The third-order valence-electron chi connectivity index (χ3n) is 4.86. The molecule has 2 fully saturated rings. The Kier molecular flexibility index (Phi) is 8.88. The normalized spacial score (nSPS) is 23.4. The largest absolute Gasteiger partial charge is 0.385 e. The Bertz CT molecular complexity index is 705. The van der Waals surface area contributed by atoms with E-state index in [0.717, 1.165) is 49.2 Å². The molecule has 156 valence electrons. The molecule has 3 heterocycles. The topological polar surface area (TPSA) is 73.8 Å². The van der Waals surface area contributed by atoms with Gasteiger partial charge in [0.25, 0.3) is 0 Å². The summed E-state index contributed by atoms with van der Waals surface area (Å²) in [5, 5.41) is 15.0. The van der Waals surface area contributed by atoms with Crippen LogP contribution in [-0.2, 0) is 4.74 Å². The van der Waals surface area contributed by atoms with Crippen molar-refractivity contribution in [2.75, 3.05) is 63.9 Å². The molecule has 0 saturated carbocycles. The van der Waals surface area contributed by atoms with Crippen LogP contribution in [0.3, 0.4) is 0 Å². The van der Waals surface area contributed by atoms with Crippen LogP contribution in [0, 0.1) is 0 Å². The number of piperazine rings is 1. The van der Waals surface area contributed by atoms with Crippen LogP contribution in [0.15, 0.2) is 30.3 Å². The number of nitrogens with one attached hydrogen (secondary N) is 1. The number of benzene rings is 1. The van der Waals surface area contributed by atoms with E-state index in [1.54, 1.807) is 0 Å². The second-order valence-electron chi connectivity index (χ2n) is 6.98. The van der Waals surface area contributed by atoms with Crippen molar-refractivity contribution in [1.29, 1.82) is 0 Å². The highest BCUT2D eigenvalue weighted by molar-refractivity contribution is 7.09. The lowest BCUT2D eigenvalue weighted by atomic mass is 10.0. The molecule has 1 atom stereocenters. The highest BCUT2D eigenvalue weighted by Gasteiger charge is 2.32. The fourth-order valence-electron chi connectivity index (χ4n) is 3.44. The maximum atomic E-state index is 10.8. The van der Waals surface area contributed by atoms with E-state index in [0.29, 0.717) is 26.3 Å². The number of hydrogen-bond donors (Lipinski definition) is 2. The standard InChI is InChI=1S/C18H25N5O2S.2ClH/c24-18(12-19-6-11-25-14-18)13-22-7-9-23(10-8-22)17-20-16(21-26-17)15-4-2-1-3-5-15;;/h1-5,19,24H,6-14H2;2*1H. The Morgan fingerprint density at radius 1 is 1.14 bits per heavy atom. The molecule has 0 spiro atoms. The lowest BCUT2D eigenvalue weighted by molar-refractivity contribution is -0.0495. The zero-order valence-electron chi connectivity index (χ0n) is 15.6. The predicted octanol–water partition coefficient (Wildman–Crippen LogP) is 1.52. The van der Waals surface area contributed by atoms with Gasteiger partial charge in [0, 0.05) is 62.9 Å². The fourth-order valence-corrected chi connectivity index (χ4v) is 4.18. The number of rotatable bonds is 4. The highest BCUT2D eigenvalue weighted by atomic mass is 35.5. The molecule has 28 heavy (non-hydrogen) atoms. The number of hydrogen-bond acceptors (Lipinski definition) is 8. The van der Waals surface area contributed by atoms with Crippen molar-refractivity contribution in [3.63, 3.8) is 0 Å². The van der Waals surface area contributed by atoms with Gasteiger partial charge < -0.3 is 20.1 Å². The van der Waals surface area contributed by atoms with E-state index in [4.69, 9.17) is 9.72 Å². The van der Waals surface area contributed by atoms with E-state index in [2.05, 4.69) is 19.5 Å². The van der Waals surface area contributed by atoms with Gasteiger partial charge in [-0.1, -0.05) is 30.3 Å². The molecule has 0 amide bonds. The summed E-state index contributed by atoms with van der Waals surface area (Å²) in [6, 6.07) is 10.1. The van der Waals surface area contributed by atoms with Crippen molar-refractivity contribution >= 4 is 41.5 Å². The van der Waals surface area contributed by atoms with Crippen LogP contribution in [0.5, 0.6) is 0 Å². The molecule has 1 unspecified atom stereocenters. The lowest BCUT2D eigenvalue weighted by Gasteiger charge is -2.38. The molecule has 4 rings (SSSR count). The summed E-state index contributed by atoms with van der Waals surface area (Å²) in [5.74, 6) is 0.795. The lowest BCUT2D eigenvalue weighted by Crippen LogP contribution is -2.56. The van der Waals surface area contributed by atoms with Gasteiger partial charge in [-0.15, -0.1) is 24.8 Å². The maximum absolute atomic E-state index is 10.8. The molecule has 2 aliphatic rings. The number of aromatic nitrogens is 2. The molecule has 0 bridgehead atoms. The van der Waals surface area contributed by atoms with E-state index in [-0.39, 0.29) is 24.8 Å². The van der Waals surface area contributed by atoms with Gasteiger partial charge in [0.15, 0.2) is 5.82 Å². The number of ether oxygens (including phenoxy) is 1. The number of halogens is 2. The Labute approximate surface area is 182 Å². The van der Waals surface area contributed by atoms with Crippen LogP contribution < -0.4 is 10.2 Å². The third-order valence-corrected chi connectivity index (χ3v) is 5.63. The van der Waals surface area contributed by atoms with Crippen molar-refractivity contribution in [2.24, 2.45) is 0 Å². The summed E-state index contributed by atoms with van der Waals surface area (Å²) in [5.41, 5.74) is 0.249. The Hall–Kier alpha value is -1.00. The zero-order chi connectivity index (χ0) is 17.8. The minimum Gasteiger partial charge on any atom is -0.385 e. The van der Waals surface area contributed by atoms with Crippen LogP contribution in [0.1, 0.15) is 0 Å². The van der Waals surface area contributed by atoms with Crippen molar-refractivity contribution < 1.29 is 9.84 Å². The van der Waals surface area contributed by atoms with E-state index in [1.165, 1.54) is 11.5 Å². The summed E-state index contributed by atoms with van der Waals surface area (Å²) >= 11 is 1.46. The van der Waals surface area contributed by atoms with Gasteiger partial charge in [-0.3, -0.25) is 4.90 Å². The van der Waals surface area contributed by atoms with E-state index < -0.39 is 5.60 Å². The third kappa shape index (κ3) is 5.76. The fraction of sp³-hybridized carbons (Fsp3) is 0.556. The van der Waals surface area contributed by atoms with Crippen molar-refractivity contribution in [3.05, 3.63) is 30.3 Å². The Morgan fingerprint density at radius 2 is 1.89 bits per heavy atom. The summed E-state index contributed by atoms with van der Waals surface area (Å²) in [4.78, 5) is 9.30. The number of aliphatic hydroxyl groups is 1. The van der Waals surface area contributed by atoms with Crippen molar-refractivity contribution in [2.45, 2.75) is 5.60 Å². The average molecular weight is 448 g/mol. The van der Waals surface area contributed by atoms with Gasteiger partial charge in [-0.05, 0) is 0 Å². The minimum atomic E-state index is -0.804. The second-order valence-corrected chi connectivity index (χ2v) is 7.71.